The molecule has 3 amide bonds. The van der Waals surface area contributed by atoms with E-state index in [9.17, 15) is 22.8 Å². The molecule has 0 bridgehead atoms. The van der Waals surface area contributed by atoms with E-state index in [-0.39, 0.29) is 18.5 Å². The summed E-state index contributed by atoms with van der Waals surface area (Å²) >= 11 is 0. The van der Waals surface area contributed by atoms with Gasteiger partial charge in [-0.25, -0.2) is 4.79 Å². The highest BCUT2D eigenvalue weighted by Gasteiger charge is 2.31. The third-order valence-electron chi connectivity index (χ3n) is 5.94. The summed E-state index contributed by atoms with van der Waals surface area (Å²) in [7, 11) is 0. The largest absolute Gasteiger partial charge is 0.416 e. The van der Waals surface area contributed by atoms with Crippen molar-refractivity contribution >= 4 is 23.3 Å². The van der Waals surface area contributed by atoms with Crippen LogP contribution in [-0.2, 0) is 12.7 Å². The monoisotopic (exact) mass is 481 g/mol. The van der Waals surface area contributed by atoms with E-state index in [2.05, 4.69) is 5.32 Å². The second-order valence-corrected chi connectivity index (χ2v) is 8.75. The number of carbonyl (C=O) groups is 2. The summed E-state index contributed by atoms with van der Waals surface area (Å²) in [6, 6.07) is 17.3. The molecular formula is C27H26F3N3O2. The smallest absolute Gasteiger partial charge is 0.320 e. The number of anilines is 2. The average molecular weight is 482 g/mol. The molecule has 3 aromatic rings. The van der Waals surface area contributed by atoms with Crippen LogP contribution in [0.1, 0.15) is 39.0 Å². The van der Waals surface area contributed by atoms with Gasteiger partial charge in [0.2, 0.25) is 0 Å². The highest BCUT2D eigenvalue weighted by molar-refractivity contribution is 6.07. The standard InChI is InChI=1S/C27H26F3N3O2/c1-18-5-3-6-21(15-18)25(34)31-23-16-19(2)7-12-24(23)33-14-4-13-32(26(33)35)17-20-8-10-22(11-9-20)27(28,29)30/h3,5-12,15-16H,4,13-14,17H2,1-2H3,(H,31,34). The number of benzene rings is 3. The number of hydrogen-bond acceptors (Lipinski definition) is 2. The molecule has 1 fully saturated rings. The SMILES string of the molecule is Cc1cccc(C(=O)Nc2cc(C)ccc2N2CCCN(Cc3ccc(C(F)(F)F)cc3)C2=O)c1. The lowest BCUT2D eigenvalue weighted by Gasteiger charge is -2.36. The summed E-state index contributed by atoms with van der Waals surface area (Å²) in [5.41, 5.74) is 3.42. The van der Waals surface area contributed by atoms with Gasteiger partial charge in [0.05, 0.1) is 16.9 Å². The predicted molar refractivity (Wildman–Crippen MR) is 130 cm³/mol. The fraction of sp³-hybridized carbons (Fsp3) is 0.259. The van der Waals surface area contributed by atoms with Gasteiger partial charge in [0.1, 0.15) is 0 Å². The maximum absolute atomic E-state index is 13.4. The van der Waals surface area contributed by atoms with Crippen molar-refractivity contribution in [1.82, 2.24) is 4.90 Å². The number of urea groups is 1. The molecule has 1 saturated heterocycles. The third kappa shape index (κ3) is 5.65. The summed E-state index contributed by atoms with van der Waals surface area (Å²) < 4.78 is 38.6. The Labute approximate surface area is 202 Å². The summed E-state index contributed by atoms with van der Waals surface area (Å²) in [4.78, 5) is 29.5. The summed E-state index contributed by atoms with van der Waals surface area (Å²) in [6.45, 7) is 4.98. The zero-order chi connectivity index (χ0) is 25.2. The van der Waals surface area contributed by atoms with Gasteiger partial charge in [0.15, 0.2) is 0 Å². The van der Waals surface area contributed by atoms with E-state index >= 15 is 0 Å². The molecule has 0 spiro atoms. The number of alkyl halides is 3. The van der Waals surface area contributed by atoms with Crippen molar-refractivity contribution in [2.45, 2.75) is 33.0 Å². The third-order valence-corrected chi connectivity index (χ3v) is 5.94. The van der Waals surface area contributed by atoms with E-state index in [1.807, 2.05) is 38.1 Å². The van der Waals surface area contributed by atoms with Gasteiger partial charge in [-0.05, 0) is 67.8 Å². The van der Waals surface area contributed by atoms with E-state index in [0.717, 1.165) is 23.3 Å². The molecule has 0 saturated carbocycles. The molecule has 35 heavy (non-hydrogen) atoms. The molecule has 1 aliphatic heterocycles. The Balaban J connectivity index is 1.54. The van der Waals surface area contributed by atoms with E-state index in [1.165, 1.54) is 12.1 Å². The highest BCUT2D eigenvalue weighted by atomic mass is 19.4. The van der Waals surface area contributed by atoms with Gasteiger partial charge < -0.3 is 10.2 Å². The molecule has 4 rings (SSSR count). The van der Waals surface area contributed by atoms with Gasteiger partial charge in [-0.2, -0.15) is 13.2 Å². The molecule has 182 valence electrons. The van der Waals surface area contributed by atoms with Crippen LogP contribution in [0.15, 0.2) is 66.7 Å². The lowest BCUT2D eigenvalue weighted by Crippen LogP contribution is -2.49. The second-order valence-electron chi connectivity index (χ2n) is 8.75. The molecule has 1 aliphatic rings. The zero-order valence-corrected chi connectivity index (χ0v) is 19.5. The van der Waals surface area contributed by atoms with Gasteiger partial charge in [0.25, 0.3) is 5.91 Å². The van der Waals surface area contributed by atoms with Gasteiger partial charge in [-0.3, -0.25) is 9.69 Å². The Morgan fingerprint density at radius 1 is 0.943 bits per heavy atom. The zero-order valence-electron chi connectivity index (χ0n) is 19.5. The molecule has 0 radical (unpaired) electrons. The number of nitrogens with zero attached hydrogens (tertiary/aromatic N) is 2. The number of carbonyl (C=O) groups excluding carboxylic acids is 2. The summed E-state index contributed by atoms with van der Waals surface area (Å²) in [5, 5.41) is 2.94. The van der Waals surface area contributed by atoms with Crippen molar-refractivity contribution in [1.29, 1.82) is 0 Å². The molecule has 0 aromatic heterocycles. The molecular weight excluding hydrogens is 455 g/mol. The normalized spacial score (nSPS) is 14.3. The van der Waals surface area contributed by atoms with Gasteiger partial charge >= 0.3 is 12.2 Å². The topological polar surface area (TPSA) is 52.7 Å². The predicted octanol–water partition coefficient (Wildman–Crippen LogP) is 6.41. The van der Waals surface area contributed by atoms with Crippen molar-refractivity contribution in [2.24, 2.45) is 0 Å². The molecule has 1 N–H and O–H groups in total. The van der Waals surface area contributed by atoms with E-state index in [4.69, 9.17) is 0 Å². The maximum Gasteiger partial charge on any atom is 0.416 e. The Bertz CT molecular complexity index is 1240. The highest BCUT2D eigenvalue weighted by Crippen LogP contribution is 2.32. The number of hydrogen-bond donors (Lipinski definition) is 1. The number of nitrogens with one attached hydrogen (secondary N) is 1. The molecule has 0 aliphatic carbocycles. The molecule has 5 nitrogen and oxygen atoms in total. The first-order valence-electron chi connectivity index (χ1n) is 11.3. The first-order valence-corrected chi connectivity index (χ1v) is 11.3. The van der Waals surface area contributed by atoms with Crippen molar-refractivity contribution in [3.05, 3.63) is 94.5 Å². The van der Waals surface area contributed by atoms with Crippen LogP contribution < -0.4 is 10.2 Å². The molecule has 8 heteroatoms. The van der Waals surface area contributed by atoms with Crippen LogP contribution in [0, 0.1) is 13.8 Å². The van der Waals surface area contributed by atoms with Gasteiger partial charge in [-0.1, -0.05) is 35.9 Å². The summed E-state index contributed by atoms with van der Waals surface area (Å²) in [5.74, 6) is -0.272. The molecule has 3 aromatic carbocycles. The van der Waals surface area contributed by atoms with Crippen LogP contribution in [0.5, 0.6) is 0 Å². The van der Waals surface area contributed by atoms with Crippen molar-refractivity contribution in [2.75, 3.05) is 23.3 Å². The van der Waals surface area contributed by atoms with E-state index in [1.54, 1.807) is 28.0 Å². The van der Waals surface area contributed by atoms with Crippen LogP contribution in [0.4, 0.5) is 29.3 Å². The van der Waals surface area contributed by atoms with Crippen LogP contribution in [0.3, 0.4) is 0 Å². The van der Waals surface area contributed by atoms with Crippen LogP contribution in [-0.4, -0.2) is 29.9 Å². The molecule has 0 unspecified atom stereocenters. The fourth-order valence-corrected chi connectivity index (χ4v) is 4.14. The van der Waals surface area contributed by atoms with E-state index in [0.29, 0.717) is 42.0 Å². The van der Waals surface area contributed by atoms with Gasteiger partial charge in [-0.15, -0.1) is 0 Å². The number of rotatable bonds is 5. The lowest BCUT2D eigenvalue weighted by molar-refractivity contribution is -0.137. The van der Waals surface area contributed by atoms with Crippen LogP contribution in [0.2, 0.25) is 0 Å². The Kier molecular flexibility index (Phi) is 6.82. The minimum absolute atomic E-state index is 0.199. The first kappa shape index (κ1) is 24.3. The second kappa shape index (κ2) is 9.82. The quantitative estimate of drug-likeness (QED) is 0.458. The minimum Gasteiger partial charge on any atom is -0.320 e. The Morgan fingerprint density at radius 3 is 2.34 bits per heavy atom. The van der Waals surface area contributed by atoms with Crippen molar-refractivity contribution < 1.29 is 22.8 Å². The Morgan fingerprint density at radius 2 is 1.66 bits per heavy atom. The summed E-state index contributed by atoms with van der Waals surface area (Å²) in [6.07, 6.45) is -3.72. The van der Waals surface area contributed by atoms with Gasteiger partial charge in [0, 0.05) is 25.2 Å². The number of amides is 3. The maximum atomic E-state index is 13.4. The van der Waals surface area contributed by atoms with Crippen LogP contribution in [0.25, 0.3) is 0 Å². The first-order chi connectivity index (χ1) is 16.6. The number of halogens is 3. The fourth-order valence-electron chi connectivity index (χ4n) is 4.14. The lowest BCUT2D eigenvalue weighted by atomic mass is 10.1. The molecule has 1 heterocycles. The molecule has 0 atom stereocenters. The van der Waals surface area contributed by atoms with E-state index < -0.39 is 11.7 Å². The average Bonchev–Trinajstić information content (AvgIpc) is 2.81. The Hall–Kier alpha value is -3.81. The van der Waals surface area contributed by atoms with Crippen molar-refractivity contribution in [3.8, 4) is 0 Å². The minimum atomic E-state index is -4.40. The van der Waals surface area contributed by atoms with Crippen molar-refractivity contribution in [3.63, 3.8) is 0 Å². The van der Waals surface area contributed by atoms with Crippen LogP contribution >= 0.6 is 0 Å². The number of aryl methyl sites for hydroxylation is 2.